The monoisotopic (exact) mass is 235 g/mol. The van der Waals surface area contributed by atoms with Crippen molar-refractivity contribution in [2.24, 2.45) is 22.3 Å². The lowest BCUT2D eigenvalue weighted by Gasteiger charge is -2.43. The lowest BCUT2D eigenvalue weighted by molar-refractivity contribution is 0.0343. The Morgan fingerprint density at radius 3 is 2.64 bits per heavy atom. The van der Waals surface area contributed by atoms with Crippen molar-refractivity contribution in [2.45, 2.75) is 26.7 Å². The Kier molecular flexibility index (Phi) is 4.35. The van der Waals surface area contributed by atoms with Crippen molar-refractivity contribution in [3.63, 3.8) is 0 Å². The van der Waals surface area contributed by atoms with Gasteiger partial charge in [-0.05, 0) is 41.9 Å². The third-order valence-corrected chi connectivity index (χ3v) is 6.04. The smallest absolute Gasteiger partial charge is 0.0490 e. The Labute approximate surface area is 91.5 Å². The molecule has 0 aromatic heterocycles. The van der Waals surface area contributed by atoms with Crippen molar-refractivity contribution in [3.8, 4) is 0 Å². The lowest BCUT2D eigenvalue weighted by atomic mass is 9.66. The third-order valence-electron chi connectivity index (χ3n) is 4.46. The second kappa shape index (κ2) is 4.74. The molecule has 2 nitrogen and oxygen atoms in total. The third kappa shape index (κ3) is 1.87. The minimum atomic E-state index is 0.0963. The van der Waals surface area contributed by atoms with Crippen LogP contribution in [-0.4, -0.2) is 24.0 Å². The summed E-state index contributed by atoms with van der Waals surface area (Å²) in [5.74, 6) is 0.695. The number of nitrogens with two attached hydrogens (primary N) is 1. The standard InChI is InChI=1S/C10H23NOP2/c1-9(6-12)4-3-8(5-14-11)10(9,2)7-13/h8,12,14H,3-7,11,13H2,1-2H3. The van der Waals surface area contributed by atoms with E-state index in [4.69, 9.17) is 5.50 Å². The van der Waals surface area contributed by atoms with Crippen molar-refractivity contribution < 1.29 is 5.11 Å². The molecule has 0 radical (unpaired) electrons. The second-order valence-electron chi connectivity index (χ2n) is 4.98. The maximum Gasteiger partial charge on any atom is 0.0490 e. The van der Waals surface area contributed by atoms with Crippen LogP contribution < -0.4 is 5.50 Å². The van der Waals surface area contributed by atoms with E-state index in [0.717, 1.165) is 18.7 Å². The number of hydrogen-bond acceptors (Lipinski definition) is 2. The minimum Gasteiger partial charge on any atom is -0.396 e. The summed E-state index contributed by atoms with van der Waals surface area (Å²) in [6.07, 6.45) is 4.56. The molecule has 84 valence electrons. The van der Waals surface area contributed by atoms with E-state index in [1.807, 2.05) is 0 Å². The van der Waals surface area contributed by atoms with Crippen LogP contribution in [0.3, 0.4) is 0 Å². The predicted octanol–water partition coefficient (Wildman–Crippen LogP) is 1.83. The molecule has 0 heterocycles. The molecular weight excluding hydrogens is 212 g/mol. The quantitative estimate of drug-likeness (QED) is 0.730. The summed E-state index contributed by atoms with van der Waals surface area (Å²) in [6, 6.07) is 0. The van der Waals surface area contributed by atoms with Crippen LogP contribution >= 0.6 is 18.0 Å². The van der Waals surface area contributed by atoms with Gasteiger partial charge in [0.15, 0.2) is 0 Å². The van der Waals surface area contributed by atoms with Gasteiger partial charge in [0.05, 0.1) is 0 Å². The minimum absolute atomic E-state index is 0.0963. The molecule has 1 fully saturated rings. The first-order chi connectivity index (χ1) is 6.54. The Balaban J connectivity index is 2.85. The summed E-state index contributed by atoms with van der Waals surface area (Å²) in [5.41, 5.74) is 6.02. The molecule has 0 aliphatic heterocycles. The van der Waals surface area contributed by atoms with Crippen molar-refractivity contribution in [3.05, 3.63) is 0 Å². The first kappa shape index (κ1) is 12.8. The van der Waals surface area contributed by atoms with E-state index in [1.54, 1.807) is 0 Å². The van der Waals surface area contributed by atoms with Crippen molar-refractivity contribution in [2.75, 3.05) is 18.9 Å². The molecule has 0 aromatic rings. The molecule has 0 amide bonds. The van der Waals surface area contributed by atoms with Crippen LogP contribution in [0.4, 0.5) is 0 Å². The van der Waals surface area contributed by atoms with Gasteiger partial charge in [0.1, 0.15) is 0 Å². The molecule has 0 spiro atoms. The maximum atomic E-state index is 9.54. The Bertz CT molecular complexity index is 203. The first-order valence-electron chi connectivity index (χ1n) is 5.28. The van der Waals surface area contributed by atoms with Crippen LogP contribution in [0, 0.1) is 16.7 Å². The predicted molar refractivity (Wildman–Crippen MR) is 68.0 cm³/mol. The van der Waals surface area contributed by atoms with Crippen LogP contribution in [0.15, 0.2) is 0 Å². The van der Waals surface area contributed by atoms with E-state index in [2.05, 4.69) is 23.1 Å². The van der Waals surface area contributed by atoms with Crippen LogP contribution in [0.1, 0.15) is 26.7 Å². The summed E-state index contributed by atoms with van der Waals surface area (Å²) in [7, 11) is 3.40. The van der Waals surface area contributed by atoms with E-state index < -0.39 is 0 Å². The highest BCUT2D eigenvalue weighted by molar-refractivity contribution is 7.35. The molecule has 0 saturated heterocycles. The Hall–Kier alpha value is 0.780. The van der Waals surface area contributed by atoms with Crippen LogP contribution in [-0.2, 0) is 0 Å². The largest absolute Gasteiger partial charge is 0.396 e. The van der Waals surface area contributed by atoms with Gasteiger partial charge in [-0.15, -0.1) is 9.24 Å². The van der Waals surface area contributed by atoms with Gasteiger partial charge >= 0.3 is 0 Å². The average Bonchev–Trinajstić information content (AvgIpc) is 2.45. The highest BCUT2D eigenvalue weighted by atomic mass is 31.1. The molecule has 14 heavy (non-hydrogen) atoms. The van der Waals surface area contributed by atoms with Crippen LogP contribution in [0.25, 0.3) is 0 Å². The van der Waals surface area contributed by atoms with Gasteiger partial charge < -0.3 is 10.6 Å². The Morgan fingerprint density at radius 2 is 2.21 bits per heavy atom. The second-order valence-corrected chi connectivity index (χ2v) is 6.21. The summed E-state index contributed by atoms with van der Waals surface area (Å²) >= 11 is 0. The number of aliphatic hydroxyl groups is 1. The van der Waals surface area contributed by atoms with E-state index in [0.29, 0.717) is 21.3 Å². The first-order valence-corrected chi connectivity index (χ1v) is 7.38. The van der Waals surface area contributed by atoms with Gasteiger partial charge in [-0.25, -0.2) is 0 Å². The van der Waals surface area contributed by atoms with Gasteiger partial charge in [0, 0.05) is 6.61 Å². The van der Waals surface area contributed by atoms with Gasteiger partial charge in [0.2, 0.25) is 0 Å². The fourth-order valence-corrected chi connectivity index (χ4v) is 4.50. The molecule has 1 aliphatic carbocycles. The fraction of sp³-hybridized carbons (Fsp3) is 1.00. The lowest BCUT2D eigenvalue weighted by Crippen LogP contribution is -2.41. The van der Waals surface area contributed by atoms with Crippen molar-refractivity contribution in [1.29, 1.82) is 0 Å². The molecule has 1 aliphatic rings. The molecule has 5 unspecified atom stereocenters. The SMILES string of the molecule is CC1(CO)CCC(CPN)C1(C)CP. The molecule has 0 bridgehead atoms. The van der Waals surface area contributed by atoms with Crippen molar-refractivity contribution >= 4 is 18.0 Å². The maximum absolute atomic E-state index is 9.54. The summed E-state index contributed by atoms with van der Waals surface area (Å²) in [4.78, 5) is 0. The molecule has 5 atom stereocenters. The zero-order valence-corrected chi connectivity index (χ0v) is 11.4. The molecule has 0 aromatic carbocycles. The van der Waals surface area contributed by atoms with Crippen molar-refractivity contribution in [1.82, 2.24) is 0 Å². The average molecular weight is 235 g/mol. The zero-order valence-electron chi connectivity index (χ0n) is 9.21. The highest BCUT2D eigenvalue weighted by Crippen LogP contribution is 2.57. The number of aliphatic hydroxyl groups excluding tert-OH is 1. The molecule has 4 heteroatoms. The molecule has 1 rings (SSSR count). The van der Waals surface area contributed by atoms with Crippen LogP contribution in [0.2, 0.25) is 0 Å². The summed E-state index contributed by atoms with van der Waals surface area (Å²) < 4.78 is 0. The van der Waals surface area contributed by atoms with Crippen LogP contribution in [0.5, 0.6) is 0 Å². The molecule has 3 N–H and O–H groups in total. The zero-order chi connectivity index (χ0) is 10.8. The summed E-state index contributed by atoms with van der Waals surface area (Å²) in [5, 5.41) is 9.54. The number of rotatable bonds is 4. The van der Waals surface area contributed by atoms with Gasteiger partial charge in [-0.1, -0.05) is 22.6 Å². The van der Waals surface area contributed by atoms with E-state index in [9.17, 15) is 5.11 Å². The highest BCUT2D eigenvalue weighted by Gasteiger charge is 2.52. The van der Waals surface area contributed by atoms with Gasteiger partial charge in [-0.3, -0.25) is 0 Å². The molecule has 1 saturated carbocycles. The fourth-order valence-electron chi connectivity index (χ4n) is 2.73. The van der Waals surface area contributed by atoms with E-state index >= 15 is 0 Å². The number of hydrogen-bond donors (Lipinski definition) is 2. The Morgan fingerprint density at radius 1 is 1.57 bits per heavy atom. The normalized spacial score (nSPS) is 43.9. The van der Waals surface area contributed by atoms with E-state index in [1.165, 1.54) is 6.42 Å². The topological polar surface area (TPSA) is 46.2 Å². The van der Waals surface area contributed by atoms with Gasteiger partial charge in [0.25, 0.3) is 0 Å². The molecular formula is C10H23NOP2. The summed E-state index contributed by atoms with van der Waals surface area (Å²) in [6.45, 7) is 4.84. The van der Waals surface area contributed by atoms with E-state index in [-0.39, 0.29) is 10.8 Å². The van der Waals surface area contributed by atoms with Gasteiger partial charge in [-0.2, -0.15) is 0 Å².